The Morgan fingerprint density at radius 1 is 1.47 bits per heavy atom. The summed E-state index contributed by atoms with van der Waals surface area (Å²) in [5, 5.41) is 0. The van der Waals surface area contributed by atoms with Gasteiger partial charge in [0.25, 0.3) is 0 Å². The number of allylic oxidation sites excluding steroid dienone is 1. The van der Waals surface area contributed by atoms with Crippen molar-refractivity contribution in [1.82, 2.24) is 0 Å². The maximum absolute atomic E-state index is 11.6. The number of amides is 1. The van der Waals surface area contributed by atoms with Crippen LogP contribution in [-0.4, -0.2) is 20.0 Å². The Labute approximate surface area is 103 Å². The number of hydrogen-bond donors (Lipinski definition) is 1. The molecule has 0 bridgehead atoms. The third-order valence-corrected chi connectivity index (χ3v) is 3.99. The summed E-state index contributed by atoms with van der Waals surface area (Å²) < 4.78 is 0. The average molecular weight is 243 g/mol. The number of carbonyl (C=O) groups is 1. The maximum atomic E-state index is 11.6. The van der Waals surface area contributed by atoms with Crippen molar-refractivity contribution in [2.24, 2.45) is 5.73 Å². The standard InChI is InChI=1S/C14H17NOSi/c1-17(2)9-13(14(15)16)12-8-4-6-10-5-3-7-11(10)12/h3-4,6-9,13H,5H2,1-2H3,(H2,15,16). The number of hydrogen-bond acceptors (Lipinski definition) is 1. The van der Waals surface area contributed by atoms with Gasteiger partial charge in [0.1, 0.15) is 0 Å². The van der Waals surface area contributed by atoms with Crippen LogP contribution in [0.25, 0.3) is 6.08 Å². The van der Waals surface area contributed by atoms with Crippen LogP contribution in [0.1, 0.15) is 22.6 Å². The van der Waals surface area contributed by atoms with Gasteiger partial charge in [0, 0.05) is 0 Å². The van der Waals surface area contributed by atoms with E-state index in [1.54, 1.807) is 0 Å². The van der Waals surface area contributed by atoms with Crippen LogP contribution < -0.4 is 5.73 Å². The Hall–Kier alpha value is -1.48. The SMILES string of the molecule is C[Si](C)=CC(C(N)=O)c1cccc2c1C=CC2. The van der Waals surface area contributed by atoms with Crippen LogP contribution in [0.4, 0.5) is 0 Å². The van der Waals surface area contributed by atoms with Crippen molar-refractivity contribution < 1.29 is 4.79 Å². The highest BCUT2D eigenvalue weighted by molar-refractivity contribution is 6.65. The Balaban J connectivity index is 2.51. The van der Waals surface area contributed by atoms with E-state index in [2.05, 4.69) is 37.0 Å². The van der Waals surface area contributed by atoms with Gasteiger partial charge in [-0.25, -0.2) is 0 Å². The van der Waals surface area contributed by atoms with Crippen molar-refractivity contribution in [2.75, 3.05) is 0 Å². The van der Waals surface area contributed by atoms with Crippen LogP contribution in [0.5, 0.6) is 0 Å². The fourth-order valence-corrected chi connectivity index (χ4v) is 3.26. The molecule has 1 aliphatic rings. The summed E-state index contributed by atoms with van der Waals surface area (Å²) in [4.78, 5) is 11.6. The van der Waals surface area contributed by atoms with Gasteiger partial charge in [0.05, 0.1) is 5.92 Å². The Morgan fingerprint density at radius 3 is 2.88 bits per heavy atom. The van der Waals surface area contributed by atoms with E-state index in [1.165, 1.54) is 11.1 Å². The van der Waals surface area contributed by atoms with E-state index in [9.17, 15) is 4.79 Å². The Bertz CT molecular complexity index is 513. The van der Waals surface area contributed by atoms with Gasteiger partial charge in [-0.2, -0.15) is 0 Å². The van der Waals surface area contributed by atoms with Gasteiger partial charge in [-0.3, -0.25) is 4.79 Å². The first-order valence-electron chi connectivity index (χ1n) is 5.82. The fourth-order valence-electron chi connectivity index (χ4n) is 2.25. The maximum Gasteiger partial charge on any atom is 0.228 e. The fraction of sp³-hybridized carbons (Fsp3) is 0.286. The molecule has 1 aromatic rings. The number of fused-ring (bicyclic) bond motifs is 1. The van der Waals surface area contributed by atoms with Gasteiger partial charge in [0.15, 0.2) is 0 Å². The van der Waals surface area contributed by atoms with E-state index < -0.39 is 8.41 Å². The summed E-state index contributed by atoms with van der Waals surface area (Å²) in [6.45, 7) is 4.33. The number of primary amides is 1. The second kappa shape index (κ2) is 4.80. The molecule has 3 heteroatoms. The van der Waals surface area contributed by atoms with Crippen molar-refractivity contribution >= 4 is 26.1 Å². The molecule has 0 aliphatic heterocycles. The monoisotopic (exact) mass is 243 g/mol. The van der Waals surface area contributed by atoms with Crippen LogP contribution in [0.2, 0.25) is 13.1 Å². The molecule has 2 rings (SSSR count). The first kappa shape index (κ1) is 12.0. The number of carbonyl (C=O) groups excluding carboxylic acids is 1. The lowest BCUT2D eigenvalue weighted by Crippen LogP contribution is -2.25. The van der Waals surface area contributed by atoms with E-state index in [0.29, 0.717) is 0 Å². The smallest absolute Gasteiger partial charge is 0.228 e. The van der Waals surface area contributed by atoms with Gasteiger partial charge in [-0.15, -0.1) is 0 Å². The highest BCUT2D eigenvalue weighted by Crippen LogP contribution is 2.28. The topological polar surface area (TPSA) is 43.1 Å². The molecule has 1 aromatic carbocycles. The van der Waals surface area contributed by atoms with E-state index in [0.717, 1.165) is 12.0 Å². The van der Waals surface area contributed by atoms with Crippen LogP contribution in [-0.2, 0) is 11.2 Å². The molecule has 0 aromatic heterocycles. The molecule has 1 amide bonds. The summed E-state index contributed by atoms with van der Waals surface area (Å²) in [7, 11) is -0.592. The predicted octanol–water partition coefficient (Wildman–Crippen LogP) is 1.96. The van der Waals surface area contributed by atoms with Gasteiger partial charge in [-0.05, 0) is 31.5 Å². The molecule has 1 unspecified atom stereocenters. The summed E-state index contributed by atoms with van der Waals surface area (Å²) in [6, 6.07) is 6.15. The van der Waals surface area contributed by atoms with Crippen LogP contribution >= 0.6 is 0 Å². The van der Waals surface area contributed by atoms with Crippen molar-refractivity contribution in [3.63, 3.8) is 0 Å². The second-order valence-electron chi connectivity index (χ2n) is 4.65. The zero-order chi connectivity index (χ0) is 12.4. The molecule has 1 atom stereocenters. The number of rotatable bonds is 3. The minimum atomic E-state index is -0.592. The predicted molar refractivity (Wildman–Crippen MR) is 74.7 cm³/mol. The number of nitrogens with two attached hydrogens (primary N) is 1. The van der Waals surface area contributed by atoms with E-state index in [4.69, 9.17) is 5.73 Å². The largest absolute Gasteiger partial charge is 0.369 e. The molecule has 17 heavy (non-hydrogen) atoms. The van der Waals surface area contributed by atoms with Crippen molar-refractivity contribution in [1.29, 1.82) is 0 Å². The molecular formula is C14H17NOSi. The Morgan fingerprint density at radius 2 is 2.24 bits per heavy atom. The summed E-state index contributed by atoms with van der Waals surface area (Å²) >= 11 is 0. The van der Waals surface area contributed by atoms with Crippen LogP contribution in [0.3, 0.4) is 0 Å². The lowest BCUT2D eigenvalue weighted by molar-refractivity contribution is -0.117. The third kappa shape index (κ3) is 2.44. The highest BCUT2D eigenvalue weighted by atomic mass is 28.2. The lowest BCUT2D eigenvalue weighted by atomic mass is 9.93. The quantitative estimate of drug-likeness (QED) is 0.810. The highest BCUT2D eigenvalue weighted by Gasteiger charge is 2.20. The van der Waals surface area contributed by atoms with Gasteiger partial charge >= 0.3 is 0 Å². The number of benzene rings is 1. The Kier molecular flexibility index (Phi) is 3.38. The average Bonchev–Trinajstić information content (AvgIpc) is 2.73. The van der Waals surface area contributed by atoms with Crippen molar-refractivity contribution in [3.05, 3.63) is 41.0 Å². The lowest BCUT2D eigenvalue weighted by Gasteiger charge is -2.14. The molecule has 0 saturated carbocycles. The molecule has 88 valence electrons. The zero-order valence-corrected chi connectivity index (χ0v) is 11.2. The van der Waals surface area contributed by atoms with E-state index >= 15 is 0 Å². The van der Waals surface area contributed by atoms with Gasteiger partial charge in [0.2, 0.25) is 5.91 Å². The minimum Gasteiger partial charge on any atom is -0.369 e. The first-order valence-corrected chi connectivity index (χ1v) is 8.40. The third-order valence-electron chi connectivity index (χ3n) is 2.99. The summed E-state index contributed by atoms with van der Waals surface area (Å²) in [5.74, 6) is -0.485. The molecule has 1 aliphatic carbocycles. The van der Waals surface area contributed by atoms with Crippen molar-refractivity contribution in [2.45, 2.75) is 25.4 Å². The first-order chi connectivity index (χ1) is 8.09. The molecule has 0 radical (unpaired) electrons. The molecule has 0 fully saturated rings. The minimum absolute atomic E-state index is 0.239. The van der Waals surface area contributed by atoms with Crippen molar-refractivity contribution in [3.8, 4) is 0 Å². The summed E-state index contributed by atoms with van der Waals surface area (Å²) in [5.41, 5.74) is 11.2. The zero-order valence-electron chi connectivity index (χ0n) is 10.2. The second-order valence-corrected chi connectivity index (χ2v) is 7.14. The van der Waals surface area contributed by atoms with Gasteiger partial charge in [-0.1, -0.05) is 49.1 Å². The molecule has 0 saturated heterocycles. The summed E-state index contributed by atoms with van der Waals surface area (Å²) in [6.07, 6.45) is 5.20. The van der Waals surface area contributed by atoms with Crippen LogP contribution in [0.15, 0.2) is 24.3 Å². The molecular weight excluding hydrogens is 226 g/mol. The normalized spacial score (nSPS) is 14.2. The molecule has 0 heterocycles. The van der Waals surface area contributed by atoms with Gasteiger partial charge < -0.3 is 5.73 Å². The van der Waals surface area contributed by atoms with E-state index in [1.807, 2.05) is 12.1 Å². The molecule has 0 spiro atoms. The van der Waals surface area contributed by atoms with Crippen LogP contribution in [0, 0.1) is 0 Å². The molecule has 2 nitrogen and oxygen atoms in total. The molecule has 2 N–H and O–H groups in total. The van der Waals surface area contributed by atoms with E-state index in [-0.39, 0.29) is 11.8 Å².